The summed E-state index contributed by atoms with van der Waals surface area (Å²) in [5, 5.41) is 8.64. The zero-order valence-electron chi connectivity index (χ0n) is 8.79. The number of aromatic nitrogens is 1. The minimum Gasteiger partial charge on any atom is -0.397 e. The van der Waals surface area contributed by atoms with Crippen molar-refractivity contribution in [3.05, 3.63) is 18.0 Å². The van der Waals surface area contributed by atoms with Gasteiger partial charge in [-0.3, -0.25) is 4.79 Å². The number of halogens is 3. The van der Waals surface area contributed by atoms with Crippen molar-refractivity contribution in [1.82, 2.24) is 9.88 Å². The quantitative estimate of drug-likeness (QED) is 0.732. The Labute approximate surface area is 95.0 Å². The summed E-state index contributed by atoms with van der Waals surface area (Å²) >= 11 is 0. The van der Waals surface area contributed by atoms with E-state index in [0.717, 1.165) is 0 Å². The first-order valence-electron chi connectivity index (χ1n) is 4.74. The zero-order valence-corrected chi connectivity index (χ0v) is 8.79. The van der Waals surface area contributed by atoms with E-state index in [1.807, 2.05) is 0 Å². The number of hydrogen-bond donors (Lipinski definition) is 3. The number of nitrogen functional groups attached to an aromatic ring is 1. The van der Waals surface area contributed by atoms with Gasteiger partial charge in [0.15, 0.2) is 0 Å². The minimum absolute atomic E-state index is 0.0415. The molecule has 0 aliphatic heterocycles. The second-order valence-electron chi connectivity index (χ2n) is 3.41. The van der Waals surface area contributed by atoms with Crippen LogP contribution in [0, 0.1) is 0 Å². The van der Waals surface area contributed by atoms with Crippen LogP contribution in [0.15, 0.2) is 12.3 Å². The van der Waals surface area contributed by atoms with E-state index in [0.29, 0.717) is 4.90 Å². The average molecular weight is 251 g/mol. The molecule has 1 aromatic heterocycles. The average Bonchev–Trinajstić information content (AvgIpc) is 2.61. The first-order valence-corrected chi connectivity index (χ1v) is 4.74. The Morgan fingerprint density at radius 1 is 1.53 bits per heavy atom. The fourth-order valence-corrected chi connectivity index (χ4v) is 1.29. The molecule has 0 saturated heterocycles. The molecule has 0 bridgehead atoms. The summed E-state index contributed by atoms with van der Waals surface area (Å²) in [4.78, 5) is 14.6. The number of aliphatic hydroxyl groups excluding tert-OH is 1. The SMILES string of the molecule is Nc1c[nH]c(C(=O)N(CCO)CC(F)(F)F)c1. The molecule has 8 heteroatoms. The number of rotatable bonds is 4. The number of H-pyrrole nitrogens is 1. The molecule has 0 fully saturated rings. The molecule has 1 heterocycles. The number of hydrogen-bond acceptors (Lipinski definition) is 3. The molecule has 17 heavy (non-hydrogen) atoms. The third kappa shape index (κ3) is 3.99. The number of nitrogens with one attached hydrogen (secondary N) is 1. The fourth-order valence-electron chi connectivity index (χ4n) is 1.29. The van der Waals surface area contributed by atoms with Crippen LogP contribution in [0.1, 0.15) is 10.5 Å². The molecule has 0 unspecified atom stereocenters. The largest absolute Gasteiger partial charge is 0.406 e. The molecule has 0 saturated carbocycles. The van der Waals surface area contributed by atoms with Crippen LogP contribution in [0.2, 0.25) is 0 Å². The van der Waals surface area contributed by atoms with Crippen LogP contribution < -0.4 is 5.73 Å². The van der Waals surface area contributed by atoms with E-state index in [9.17, 15) is 18.0 Å². The van der Waals surface area contributed by atoms with Crippen LogP contribution in [-0.2, 0) is 0 Å². The van der Waals surface area contributed by atoms with E-state index in [-0.39, 0.29) is 11.4 Å². The number of nitrogens with two attached hydrogens (primary N) is 1. The summed E-state index contributed by atoms with van der Waals surface area (Å²) < 4.78 is 36.6. The topological polar surface area (TPSA) is 82.4 Å². The van der Waals surface area contributed by atoms with E-state index in [1.54, 1.807) is 0 Å². The molecule has 5 nitrogen and oxygen atoms in total. The Kier molecular flexibility index (Phi) is 4.00. The number of amides is 1. The van der Waals surface area contributed by atoms with Crippen molar-refractivity contribution in [2.75, 3.05) is 25.4 Å². The van der Waals surface area contributed by atoms with Gasteiger partial charge in [-0.25, -0.2) is 0 Å². The van der Waals surface area contributed by atoms with Crippen molar-refractivity contribution in [1.29, 1.82) is 0 Å². The molecular weight excluding hydrogens is 239 g/mol. The molecule has 0 radical (unpaired) electrons. The summed E-state index contributed by atoms with van der Waals surface area (Å²) in [7, 11) is 0. The molecule has 0 aromatic carbocycles. The van der Waals surface area contributed by atoms with Gasteiger partial charge in [0.2, 0.25) is 0 Å². The summed E-state index contributed by atoms with van der Waals surface area (Å²) in [6.45, 7) is -2.35. The maximum atomic E-state index is 12.2. The summed E-state index contributed by atoms with van der Waals surface area (Å²) in [5.41, 5.74) is 5.56. The Balaban J connectivity index is 2.80. The smallest absolute Gasteiger partial charge is 0.397 e. The number of carbonyl (C=O) groups is 1. The lowest BCUT2D eigenvalue weighted by Crippen LogP contribution is -2.40. The molecule has 1 aromatic rings. The lowest BCUT2D eigenvalue weighted by molar-refractivity contribution is -0.141. The van der Waals surface area contributed by atoms with Crippen molar-refractivity contribution in [2.24, 2.45) is 0 Å². The van der Waals surface area contributed by atoms with Gasteiger partial charge in [-0.2, -0.15) is 13.2 Å². The van der Waals surface area contributed by atoms with Crippen molar-refractivity contribution in [3.8, 4) is 0 Å². The van der Waals surface area contributed by atoms with Gasteiger partial charge in [0.25, 0.3) is 5.91 Å². The summed E-state index contributed by atoms with van der Waals surface area (Å²) in [6, 6.07) is 1.24. The third-order valence-electron chi connectivity index (χ3n) is 1.96. The van der Waals surface area contributed by atoms with E-state index >= 15 is 0 Å². The van der Waals surface area contributed by atoms with Crippen LogP contribution in [0.5, 0.6) is 0 Å². The highest BCUT2D eigenvalue weighted by molar-refractivity contribution is 5.93. The zero-order chi connectivity index (χ0) is 13.1. The van der Waals surface area contributed by atoms with Crippen molar-refractivity contribution >= 4 is 11.6 Å². The monoisotopic (exact) mass is 251 g/mol. The second-order valence-corrected chi connectivity index (χ2v) is 3.41. The standard InChI is InChI=1S/C9H12F3N3O2/c10-9(11,12)5-15(1-2-16)8(17)7-3-6(13)4-14-7/h3-4,14,16H,1-2,5,13H2. The summed E-state index contributed by atoms with van der Waals surface area (Å²) in [6.07, 6.45) is -3.21. The van der Waals surface area contributed by atoms with E-state index in [1.165, 1.54) is 12.3 Å². The minimum atomic E-state index is -4.51. The molecule has 0 aliphatic rings. The number of aliphatic hydroxyl groups is 1. The third-order valence-corrected chi connectivity index (χ3v) is 1.96. The molecule has 4 N–H and O–H groups in total. The maximum Gasteiger partial charge on any atom is 0.406 e. The van der Waals surface area contributed by atoms with Crippen molar-refractivity contribution < 1.29 is 23.1 Å². The van der Waals surface area contributed by atoms with Gasteiger partial charge in [-0.1, -0.05) is 0 Å². The number of nitrogens with zero attached hydrogens (tertiary/aromatic N) is 1. The predicted octanol–water partition coefficient (Wildman–Crippen LogP) is 0.594. The lowest BCUT2D eigenvalue weighted by Gasteiger charge is -2.22. The second kappa shape index (κ2) is 5.09. The maximum absolute atomic E-state index is 12.2. The van der Waals surface area contributed by atoms with Gasteiger partial charge in [0.1, 0.15) is 12.2 Å². The van der Waals surface area contributed by atoms with Gasteiger partial charge in [0, 0.05) is 18.4 Å². The van der Waals surface area contributed by atoms with Gasteiger partial charge in [0.05, 0.1) is 6.61 Å². The number of alkyl halides is 3. The molecule has 0 aliphatic carbocycles. The van der Waals surface area contributed by atoms with Crippen molar-refractivity contribution in [3.63, 3.8) is 0 Å². The first kappa shape index (κ1) is 13.4. The molecule has 1 amide bonds. The van der Waals surface area contributed by atoms with E-state index in [4.69, 9.17) is 10.8 Å². The fraction of sp³-hybridized carbons (Fsp3) is 0.444. The molecular formula is C9H12F3N3O2. The molecule has 1 rings (SSSR count). The van der Waals surface area contributed by atoms with Gasteiger partial charge >= 0.3 is 6.18 Å². The molecule has 0 atom stereocenters. The number of anilines is 1. The van der Waals surface area contributed by atoms with Crippen molar-refractivity contribution in [2.45, 2.75) is 6.18 Å². The highest BCUT2D eigenvalue weighted by atomic mass is 19.4. The highest BCUT2D eigenvalue weighted by Gasteiger charge is 2.33. The normalized spacial score (nSPS) is 11.5. The Hall–Kier alpha value is -1.70. The van der Waals surface area contributed by atoms with Crippen LogP contribution in [0.25, 0.3) is 0 Å². The van der Waals surface area contributed by atoms with Crippen LogP contribution in [0.3, 0.4) is 0 Å². The molecule has 96 valence electrons. The lowest BCUT2D eigenvalue weighted by atomic mass is 10.3. The van der Waals surface area contributed by atoms with Gasteiger partial charge < -0.3 is 20.7 Å². The number of aromatic amines is 1. The van der Waals surface area contributed by atoms with Crippen LogP contribution >= 0.6 is 0 Å². The van der Waals surface area contributed by atoms with Crippen LogP contribution in [0.4, 0.5) is 18.9 Å². The van der Waals surface area contributed by atoms with E-state index in [2.05, 4.69) is 4.98 Å². The highest BCUT2D eigenvalue weighted by Crippen LogP contribution is 2.18. The number of carbonyl (C=O) groups excluding carboxylic acids is 1. The van der Waals surface area contributed by atoms with Gasteiger partial charge in [-0.15, -0.1) is 0 Å². The van der Waals surface area contributed by atoms with E-state index < -0.39 is 31.8 Å². The summed E-state index contributed by atoms with van der Waals surface area (Å²) in [5.74, 6) is -0.854. The Bertz CT molecular complexity index is 389. The first-order chi connectivity index (χ1) is 7.83. The van der Waals surface area contributed by atoms with Crippen LogP contribution in [-0.4, -0.2) is 46.8 Å². The van der Waals surface area contributed by atoms with Gasteiger partial charge in [-0.05, 0) is 6.07 Å². The Morgan fingerprint density at radius 2 is 2.18 bits per heavy atom. The molecule has 0 spiro atoms. The predicted molar refractivity (Wildman–Crippen MR) is 54.2 cm³/mol. The Morgan fingerprint density at radius 3 is 2.59 bits per heavy atom.